The number of amides is 11. The van der Waals surface area contributed by atoms with E-state index in [2.05, 4.69) is 84.4 Å². The molecule has 11 amide bonds. The first kappa shape index (κ1) is 106. The maximum atomic E-state index is 15.4. The zero-order valence-electron chi connectivity index (χ0n) is 75.1. The van der Waals surface area contributed by atoms with Gasteiger partial charge in [0, 0.05) is 118 Å². The first-order chi connectivity index (χ1) is 63.3. The molecule has 0 bridgehead atoms. The number of anilines is 2. The Morgan fingerprint density at radius 2 is 0.795 bits per heavy atom. The van der Waals surface area contributed by atoms with Crippen molar-refractivity contribution in [3.05, 3.63) is 126 Å². The number of hydrogen-bond acceptors (Lipinski definition) is 25. The molecule has 28 N–H and O–H groups in total. The second kappa shape index (κ2) is 56.4. The molecule has 9 atom stereocenters. The lowest BCUT2D eigenvalue weighted by atomic mass is 9.99. The van der Waals surface area contributed by atoms with Gasteiger partial charge in [0.2, 0.25) is 76.8 Å². The summed E-state index contributed by atoms with van der Waals surface area (Å²) >= 11 is 0. The Bertz CT molecular complexity index is 4690. The predicted octanol–water partition coefficient (Wildman–Crippen LogP) is -3.51. The SMILES string of the molecule is COP(=O)(N(C)C)N1CCN(c2cc(OCCOCCNC(=O)CCOCCOCCNC(=O)CC[C@@H]3NC(=O)[C@@H](CCCNC(=N)N)NC(=O)[C@H](CCCNC(=N)N)NC(=O)[C@@H](CCCNC(=N)N)NC(=O)[C@H](CCCNC(=N)N)NC(=O)[C@H](Cc4ccc5ccccc5c4)NC(=O)[C@@H](Cc4ccccc4)NC(=O)[C@H](Cc4ccccc4)NC3=O)nc(N(C)CC(N)=O)n2)CC1. The van der Waals surface area contributed by atoms with Crippen molar-refractivity contribution in [2.75, 3.05) is 156 Å². The third-order valence-corrected chi connectivity index (χ3v) is 23.6. The van der Waals surface area contributed by atoms with Crippen molar-refractivity contribution in [3.8, 4) is 5.88 Å². The summed E-state index contributed by atoms with van der Waals surface area (Å²) < 4.78 is 45.2. The number of ether oxygens (including phenoxy) is 4. The Hall–Kier alpha value is -13.1. The van der Waals surface area contributed by atoms with Crippen LogP contribution in [0, 0.1) is 21.6 Å². The van der Waals surface area contributed by atoms with Gasteiger partial charge in [-0.1, -0.05) is 103 Å². The van der Waals surface area contributed by atoms with Crippen molar-refractivity contribution in [3.63, 3.8) is 0 Å². The van der Waals surface area contributed by atoms with Crippen molar-refractivity contribution in [2.45, 2.75) is 138 Å². The monoisotopic (exact) mass is 1860 g/mol. The van der Waals surface area contributed by atoms with Crippen molar-refractivity contribution in [1.82, 2.24) is 93.7 Å². The molecule has 0 radical (unpaired) electrons. The molecule has 1 unspecified atom stereocenters. The summed E-state index contributed by atoms with van der Waals surface area (Å²) in [5.74, 6) is -9.65. The van der Waals surface area contributed by atoms with Gasteiger partial charge in [0.25, 0.3) is 0 Å². The number of nitrogens with two attached hydrogens (primary N) is 5. The molecule has 47 heteroatoms. The molecule has 0 spiro atoms. The highest BCUT2D eigenvalue weighted by molar-refractivity contribution is 7.53. The van der Waals surface area contributed by atoms with E-state index in [-0.39, 0.29) is 193 Å². The molecule has 2 fully saturated rings. The number of fused-ring (bicyclic) bond motifs is 1. The van der Waals surface area contributed by atoms with Gasteiger partial charge in [-0.25, -0.2) is 9.34 Å². The van der Waals surface area contributed by atoms with E-state index in [1.165, 1.54) is 12.0 Å². The first-order valence-electron chi connectivity index (χ1n) is 43.7. The van der Waals surface area contributed by atoms with Gasteiger partial charge in [-0.3, -0.25) is 78.9 Å². The smallest absolute Gasteiger partial charge is 0.345 e. The number of piperazine rings is 1. The largest absolute Gasteiger partial charge is 0.475 e. The molecule has 46 nitrogen and oxygen atoms in total. The van der Waals surface area contributed by atoms with Gasteiger partial charge in [-0.2, -0.15) is 9.97 Å². The molecule has 4 aromatic carbocycles. The van der Waals surface area contributed by atoms with Gasteiger partial charge in [0.05, 0.1) is 46.2 Å². The summed E-state index contributed by atoms with van der Waals surface area (Å²) in [6.45, 7) is 2.33. The summed E-state index contributed by atoms with van der Waals surface area (Å²) in [6, 6.07) is 19.3. The van der Waals surface area contributed by atoms with E-state index in [0.29, 0.717) is 48.7 Å². The topological polar surface area (TPSA) is 684 Å². The molecule has 132 heavy (non-hydrogen) atoms. The summed E-state index contributed by atoms with van der Waals surface area (Å²) in [7, 11) is 3.23. The van der Waals surface area contributed by atoms with E-state index in [1.54, 1.807) is 103 Å². The van der Waals surface area contributed by atoms with Crippen LogP contribution >= 0.6 is 7.67 Å². The predicted molar refractivity (Wildman–Crippen MR) is 494 cm³/mol. The van der Waals surface area contributed by atoms with Crippen LogP contribution in [0.2, 0.25) is 0 Å². The first-order valence-corrected chi connectivity index (χ1v) is 45.2. The van der Waals surface area contributed by atoms with Crippen LogP contribution in [0.15, 0.2) is 109 Å². The van der Waals surface area contributed by atoms with Crippen molar-refractivity contribution >= 4 is 119 Å². The normalized spacial score (nSPS) is 19.2. The van der Waals surface area contributed by atoms with Crippen LogP contribution in [0.25, 0.3) is 10.8 Å². The lowest BCUT2D eigenvalue weighted by Gasteiger charge is -2.40. The van der Waals surface area contributed by atoms with Gasteiger partial charge in [-0.05, 0) is 99.3 Å². The number of rotatable bonds is 48. The highest BCUT2D eigenvalue weighted by Gasteiger charge is 2.39. The number of carbonyl (C=O) groups is 11. The van der Waals surface area contributed by atoms with Gasteiger partial charge < -0.3 is 136 Å². The number of nitrogens with zero attached hydrogens (tertiary/aromatic N) is 6. The maximum Gasteiger partial charge on any atom is 0.345 e. The number of carbonyl (C=O) groups excluding carboxylic acids is 11. The van der Waals surface area contributed by atoms with Crippen LogP contribution in [0.4, 0.5) is 11.8 Å². The Morgan fingerprint density at radius 3 is 1.20 bits per heavy atom. The summed E-state index contributed by atoms with van der Waals surface area (Å²) in [5.41, 5.74) is 29.6. The van der Waals surface area contributed by atoms with Crippen LogP contribution in [0.1, 0.15) is 87.3 Å². The quantitative estimate of drug-likeness (QED) is 0.00777. The molecule has 7 rings (SSSR count). The molecule has 5 aromatic rings. The Morgan fingerprint density at radius 1 is 0.424 bits per heavy atom. The molecule has 0 saturated carbocycles. The number of aromatic nitrogens is 2. The van der Waals surface area contributed by atoms with Gasteiger partial charge >= 0.3 is 7.67 Å². The standard InChI is InChI=1S/C85H130N29O17P/c1-111(2)132(126,127-4)114-40-38-113(39-41-114)69-53-72(110-85(109-69)112(3)54-68(86)115)131-48-47-130-44-37-96-71(117)31-42-128-45-46-129-43-36-95-70(116)30-29-64-77(122)106-65(50-55-17-7-5-8-18-55)79(124)107-66(51-56-19-9-6-10-20-56)80(125)108-67(52-57-27-28-58-21-11-12-22-59(58)49-57)78(123)104-63(26-16-35-100-84(93)94)75(120)102-61(24-14-33-98-82(89)90)73(118)101-60(23-13-32-97-81(87)88)74(119)103-62(76(121)105-64)25-15-34-99-83(91)92/h5-12,17-22,27-28,49,53,60-67H,13-16,23-26,29-48,50-52,54H2,1-4H3,(H2,86,115)(H,95,116)(H,96,117)(H,101,118)(H,102,120)(H,103,119)(H,104,123)(H,105,121)(H,106,122)(H,107,124)(H,108,125)(H4,87,88,97)(H4,89,90,98)(H4,91,92,99)(H4,93,94,100)/t60-,61+,62+,63-,64-,65-,66+,67-,132?/m0/s1. The van der Waals surface area contributed by atoms with Crippen LogP contribution in [0.3, 0.4) is 0 Å². The van der Waals surface area contributed by atoms with Crippen LogP contribution in [0.5, 0.6) is 5.88 Å². The molecule has 2 aliphatic rings. The van der Waals surface area contributed by atoms with E-state index in [9.17, 15) is 18.9 Å². The van der Waals surface area contributed by atoms with Crippen LogP contribution in [-0.2, 0) is 95.3 Å². The van der Waals surface area contributed by atoms with E-state index in [0.717, 1.165) is 10.8 Å². The zero-order chi connectivity index (χ0) is 95.9. The minimum Gasteiger partial charge on any atom is -0.475 e. The van der Waals surface area contributed by atoms with Gasteiger partial charge in [-0.15, -0.1) is 0 Å². The fourth-order valence-corrected chi connectivity index (χ4v) is 15.9. The molecular formula is C85H130N29O17P. The molecule has 0 aliphatic carbocycles. The third kappa shape index (κ3) is 38.1. The van der Waals surface area contributed by atoms with Crippen LogP contribution < -0.4 is 118 Å². The molecule has 2 aliphatic heterocycles. The van der Waals surface area contributed by atoms with E-state index < -0.39 is 146 Å². The van der Waals surface area contributed by atoms with Crippen molar-refractivity contribution in [1.29, 1.82) is 21.6 Å². The summed E-state index contributed by atoms with van der Waals surface area (Å²) in [5, 5.41) is 71.2. The number of nitrogens with one attached hydrogen (secondary N) is 18. The minimum atomic E-state index is -3.20. The van der Waals surface area contributed by atoms with Crippen molar-refractivity contribution in [2.24, 2.45) is 28.7 Å². The summed E-state index contributed by atoms with van der Waals surface area (Å²) in [4.78, 5) is 173. The third-order valence-electron chi connectivity index (χ3n) is 21.0. The minimum absolute atomic E-state index is 0.00606. The Labute approximate surface area is 766 Å². The average Bonchev–Trinajstić information content (AvgIpc) is 0.796. The Balaban J connectivity index is 1.07. The molecule has 2 saturated heterocycles. The number of hydrogen-bond donors (Lipinski definition) is 23. The number of benzene rings is 4. The number of primary amides is 1. The van der Waals surface area contributed by atoms with E-state index in [1.807, 2.05) is 41.3 Å². The molecular weight excluding hydrogens is 1730 g/mol. The van der Waals surface area contributed by atoms with Gasteiger partial charge in [0.15, 0.2) is 23.8 Å². The molecule has 722 valence electrons. The van der Waals surface area contributed by atoms with Gasteiger partial charge in [0.1, 0.15) is 60.8 Å². The second-order valence-electron chi connectivity index (χ2n) is 31.5. The fraction of sp³-hybridized carbons (Fsp3) is 0.518. The number of guanidine groups is 4. The summed E-state index contributed by atoms with van der Waals surface area (Å²) in [6.07, 6.45) is -1.98. The second-order valence-corrected chi connectivity index (χ2v) is 34.2. The molecule has 3 heterocycles. The van der Waals surface area contributed by atoms with Crippen LogP contribution in [-0.4, -0.2) is 303 Å². The number of likely N-dealkylation sites (N-methyl/N-ethyl adjacent to an activating group) is 1. The highest BCUT2D eigenvalue weighted by atomic mass is 31.2. The maximum absolute atomic E-state index is 15.4. The zero-order valence-corrected chi connectivity index (χ0v) is 76.0. The Kier molecular flexibility index (Phi) is 45.3. The highest BCUT2D eigenvalue weighted by Crippen LogP contribution is 2.52. The lowest BCUT2D eigenvalue weighted by Crippen LogP contribution is -2.62. The average molecular weight is 1860 g/mol. The lowest BCUT2D eigenvalue weighted by molar-refractivity contribution is -0.137. The van der Waals surface area contributed by atoms with E-state index >= 15 is 38.4 Å². The van der Waals surface area contributed by atoms with E-state index in [4.69, 9.17) is 73.8 Å². The molecule has 1 aromatic heterocycles. The fourth-order valence-electron chi connectivity index (χ4n) is 14.2. The van der Waals surface area contributed by atoms with Crippen molar-refractivity contribution < 1.29 is 80.8 Å².